The van der Waals surface area contributed by atoms with Crippen LogP contribution in [0.1, 0.15) is 13.3 Å². The summed E-state index contributed by atoms with van der Waals surface area (Å²) in [6.07, 6.45) is -11.1. The highest BCUT2D eigenvalue weighted by Crippen LogP contribution is 2.49. The summed E-state index contributed by atoms with van der Waals surface area (Å²) in [5.74, 6) is -12.1. The zero-order valence-corrected chi connectivity index (χ0v) is 6.81. The molecule has 0 spiro atoms. The maximum atomic E-state index is 12.2. The van der Waals surface area contributed by atoms with E-state index in [9.17, 15) is 35.1 Å². The maximum absolute atomic E-state index is 12.2. The fraction of sp³-hybridized carbons (Fsp3) is 1.00. The first-order valence-electron chi connectivity index (χ1n) is 3.45. The average molecular weight is 230 g/mol. The minimum absolute atomic E-state index is 0.741. The van der Waals surface area contributed by atoms with Crippen LogP contribution in [0.15, 0.2) is 0 Å². The number of halogens is 8. The van der Waals surface area contributed by atoms with Crippen molar-refractivity contribution >= 4 is 0 Å². The zero-order valence-electron chi connectivity index (χ0n) is 6.81. The van der Waals surface area contributed by atoms with E-state index in [0.29, 0.717) is 0 Å². The Balaban J connectivity index is 5.07. The van der Waals surface area contributed by atoms with Crippen molar-refractivity contribution in [3.63, 3.8) is 0 Å². The molecule has 8 heteroatoms. The Kier molecular flexibility index (Phi) is 3.40. The Labute approximate surface area is 73.9 Å². The smallest absolute Gasteiger partial charge is 0.241 e. The molecule has 0 nitrogen and oxygen atoms in total. The summed E-state index contributed by atoms with van der Waals surface area (Å²) in [5.41, 5.74) is 0. The van der Waals surface area contributed by atoms with Crippen LogP contribution in [0.25, 0.3) is 0 Å². The molecule has 0 radical (unpaired) electrons. The molecule has 0 amide bonds. The SMILES string of the molecule is CCC(F)C(F)(F)C(F)(F)C(F)(F)F. The van der Waals surface area contributed by atoms with Crippen LogP contribution in [0.3, 0.4) is 0 Å². The fourth-order valence-corrected chi connectivity index (χ4v) is 0.642. The first kappa shape index (κ1) is 13.4. The molecule has 1 atom stereocenters. The van der Waals surface area contributed by atoms with E-state index in [1.165, 1.54) is 0 Å². The topological polar surface area (TPSA) is 0 Å². The van der Waals surface area contributed by atoms with Crippen LogP contribution in [-0.2, 0) is 0 Å². The first-order chi connectivity index (χ1) is 5.98. The van der Waals surface area contributed by atoms with Gasteiger partial charge in [-0.25, -0.2) is 4.39 Å². The molecule has 86 valence electrons. The predicted octanol–water partition coefficient (Wildman–Crippen LogP) is 3.57. The second-order valence-corrected chi connectivity index (χ2v) is 2.57. The van der Waals surface area contributed by atoms with Crippen LogP contribution in [0, 0.1) is 0 Å². The number of hydrogen-bond donors (Lipinski definition) is 0. The molecule has 14 heavy (non-hydrogen) atoms. The van der Waals surface area contributed by atoms with Crippen molar-refractivity contribution in [1.82, 2.24) is 0 Å². The Morgan fingerprint density at radius 3 is 1.50 bits per heavy atom. The third-order valence-corrected chi connectivity index (χ3v) is 1.53. The number of hydrogen-bond acceptors (Lipinski definition) is 0. The molecule has 0 rings (SSSR count). The molecule has 0 N–H and O–H groups in total. The minimum Gasteiger partial charge on any atom is -0.241 e. The predicted molar refractivity (Wildman–Crippen MR) is 31.1 cm³/mol. The van der Waals surface area contributed by atoms with Gasteiger partial charge in [-0.3, -0.25) is 0 Å². The van der Waals surface area contributed by atoms with Gasteiger partial charge in [0.2, 0.25) is 0 Å². The van der Waals surface area contributed by atoms with Gasteiger partial charge in [0.15, 0.2) is 6.17 Å². The van der Waals surface area contributed by atoms with Gasteiger partial charge in [0.1, 0.15) is 0 Å². The van der Waals surface area contributed by atoms with E-state index in [0.717, 1.165) is 6.92 Å². The van der Waals surface area contributed by atoms with E-state index < -0.39 is 30.6 Å². The maximum Gasteiger partial charge on any atom is 0.459 e. The van der Waals surface area contributed by atoms with Crippen LogP contribution in [0.5, 0.6) is 0 Å². The molecule has 0 aromatic heterocycles. The summed E-state index contributed by atoms with van der Waals surface area (Å²) in [7, 11) is 0. The molecular weight excluding hydrogens is 224 g/mol. The first-order valence-corrected chi connectivity index (χ1v) is 3.45. The van der Waals surface area contributed by atoms with Crippen molar-refractivity contribution in [2.45, 2.75) is 37.5 Å². The van der Waals surface area contributed by atoms with Crippen molar-refractivity contribution in [2.75, 3.05) is 0 Å². The minimum atomic E-state index is -6.46. The van der Waals surface area contributed by atoms with Crippen LogP contribution in [-0.4, -0.2) is 24.2 Å². The molecule has 0 heterocycles. The summed E-state index contributed by atoms with van der Waals surface area (Å²) in [6.45, 7) is 0.741. The van der Waals surface area contributed by atoms with Gasteiger partial charge < -0.3 is 0 Å². The van der Waals surface area contributed by atoms with E-state index in [2.05, 4.69) is 0 Å². The van der Waals surface area contributed by atoms with Gasteiger partial charge in [0, 0.05) is 0 Å². The Bertz CT molecular complexity index is 192. The molecule has 0 aliphatic carbocycles. The van der Waals surface area contributed by atoms with Crippen molar-refractivity contribution in [1.29, 1.82) is 0 Å². The standard InChI is InChI=1S/C6H6F8/c1-2-3(7)4(8,9)5(10,11)6(12,13)14/h3H,2H2,1H3. The lowest BCUT2D eigenvalue weighted by Crippen LogP contribution is -2.56. The van der Waals surface area contributed by atoms with Crippen molar-refractivity contribution < 1.29 is 35.1 Å². The second-order valence-electron chi connectivity index (χ2n) is 2.57. The molecule has 0 aromatic rings. The van der Waals surface area contributed by atoms with Crippen LogP contribution in [0.2, 0.25) is 0 Å². The van der Waals surface area contributed by atoms with Crippen LogP contribution < -0.4 is 0 Å². The van der Waals surface area contributed by atoms with E-state index in [-0.39, 0.29) is 0 Å². The van der Waals surface area contributed by atoms with Gasteiger partial charge in [0.25, 0.3) is 0 Å². The van der Waals surface area contributed by atoms with Gasteiger partial charge in [-0.15, -0.1) is 0 Å². The molecular formula is C6H6F8. The highest BCUT2D eigenvalue weighted by molar-refractivity contribution is 4.95. The molecule has 0 aliphatic rings. The zero-order chi connectivity index (χ0) is 11.8. The lowest BCUT2D eigenvalue weighted by molar-refractivity contribution is -0.365. The Hall–Kier alpha value is -0.560. The Morgan fingerprint density at radius 2 is 1.29 bits per heavy atom. The van der Waals surface area contributed by atoms with E-state index in [1.54, 1.807) is 0 Å². The molecule has 0 saturated carbocycles. The number of rotatable bonds is 3. The van der Waals surface area contributed by atoms with E-state index >= 15 is 0 Å². The third kappa shape index (κ3) is 1.93. The van der Waals surface area contributed by atoms with Crippen LogP contribution >= 0.6 is 0 Å². The molecule has 0 fully saturated rings. The summed E-state index contributed by atoms with van der Waals surface area (Å²) in [4.78, 5) is 0. The summed E-state index contributed by atoms with van der Waals surface area (Å²) in [6, 6.07) is 0. The lowest BCUT2D eigenvalue weighted by Gasteiger charge is -2.29. The van der Waals surface area contributed by atoms with Crippen molar-refractivity contribution in [3.05, 3.63) is 0 Å². The molecule has 0 saturated heterocycles. The largest absolute Gasteiger partial charge is 0.459 e. The van der Waals surface area contributed by atoms with Gasteiger partial charge in [-0.1, -0.05) is 6.92 Å². The van der Waals surface area contributed by atoms with Gasteiger partial charge >= 0.3 is 18.0 Å². The van der Waals surface area contributed by atoms with Gasteiger partial charge in [-0.05, 0) is 6.42 Å². The van der Waals surface area contributed by atoms with Gasteiger partial charge in [-0.2, -0.15) is 30.7 Å². The monoisotopic (exact) mass is 230 g/mol. The molecule has 1 unspecified atom stereocenters. The average Bonchev–Trinajstić information content (AvgIpc) is 2.00. The Morgan fingerprint density at radius 1 is 0.929 bits per heavy atom. The normalized spacial score (nSPS) is 16.9. The molecule has 0 aliphatic heterocycles. The molecule has 0 bridgehead atoms. The van der Waals surface area contributed by atoms with E-state index in [1.807, 2.05) is 0 Å². The molecule has 0 aromatic carbocycles. The summed E-state index contributed by atoms with van der Waals surface area (Å²) >= 11 is 0. The highest BCUT2D eigenvalue weighted by Gasteiger charge is 2.75. The van der Waals surface area contributed by atoms with Crippen molar-refractivity contribution in [2.24, 2.45) is 0 Å². The highest BCUT2D eigenvalue weighted by atomic mass is 19.4. The van der Waals surface area contributed by atoms with Crippen molar-refractivity contribution in [3.8, 4) is 0 Å². The quantitative estimate of drug-likeness (QED) is 0.650. The second kappa shape index (κ2) is 3.54. The van der Waals surface area contributed by atoms with Gasteiger partial charge in [0.05, 0.1) is 0 Å². The third-order valence-electron chi connectivity index (χ3n) is 1.53. The van der Waals surface area contributed by atoms with Crippen LogP contribution in [0.4, 0.5) is 35.1 Å². The lowest BCUT2D eigenvalue weighted by atomic mass is 10.0. The fourth-order valence-electron chi connectivity index (χ4n) is 0.642. The summed E-state index contributed by atoms with van der Waals surface area (Å²) in [5, 5.41) is 0. The van der Waals surface area contributed by atoms with E-state index in [4.69, 9.17) is 0 Å². The number of alkyl halides is 8. The summed E-state index contributed by atoms with van der Waals surface area (Å²) < 4.78 is 95.0.